The van der Waals surface area contributed by atoms with Crippen LogP contribution in [0.3, 0.4) is 0 Å². The van der Waals surface area contributed by atoms with Gasteiger partial charge in [0, 0.05) is 11.6 Å². The maximum Gasteiger partial charge on any atom is 0.113 e. The molecule has 1 aromatic carbocycles. The van der Waals surface area contributed by atoms with E-state index < -0.39 is 0 Å². The second kappa shape index (κ2) is 6.06. The third-order valence-electron chi connectivity index (χ3n) is 3.65. The van der Waals surface area contributed by atoms with E-state index in [9.17, 15) is 0 Å². The lowest BCUT2D eigenvalue weighted by atomic mass is 9.98. The first-order valence-corrected chi connectivity index (χ1v) is 7.30. The Balaban J connectivity index is 2.07. The van der Waals surface area contributed by atoms with Crippen LogP contribution in [0.25, 0.3) is 10.9 Å². The summed E-state index contributed by atoms with van der Waals surface area (Å²) in [7, 11) is 0. The van der Waals surface area contributed by atoms with Crippen LogP contribution in [0.5, 0.6) is 0 Å². The summed E-state index contributed by atoms with van der Waals surface area (Å²) in [6, 6.07) is 10.5. The number of hydrogen-bond acceptors (Lipinski definition) is 3. The lowest BCUT2D eigenvalue weighted by Gasteiger charge is -2.25. The molecule has 1 aliphatic rings. The second-order valence-corrected chi connectivity index (χ2v) is 5.01. The first kappa shape index (κ1) is 13.1. The molecule has 0 bridgehead atoms. The van der Waals surface area contributed by atoms with Crippen molar-refractivity contribution in [3.8, 4) is 0 Å². The molecule has 1 N–H and O–H groups in total. The molecule has 1 atom stereocenters. The Morgan fingerprint density at radius 1 is 1.30 bits per heavy atom. The highest BCUT2D eigenvalue weighted by Crippen LogP contribution is 2.30. The molecule has 0 spiro atoms. The highest BCUT2D eigenvalue weighted by molar-refractivity contribution is 5.82. The maximum absolute atomic E-state index is 5.87. The largest absolute Gasteiger partial charge is 0.496 e. The quantitative estimate of drug-likeness (QED) is 0.920. The van der Waals surface area contributed by atoms with E-state index in [1.54, 1.807) is 0 Å². The molecule has 2 aromatic rings. The molecule has 0 saturated carbocycles. The third-order valence-corrected chi connectivity index (χ3v) is 3.65. The van der Waals surface area contributed by atoms with Gasteiger partial charge < -0.3 is 10.1 Å². The van der Waals surface area contributed by atoms with Crippen molar-refractivity contribution in [1.82, 2.24) is 10.3 Å². The number of ether oxygens (including phenoxy) is 1. The molecule has 3 nitrogen and oxygen atoms in total. The average Bonchev–Trinajstić information content (AvgIpc) is 2.53. The Kier molecular flexibility index (Phi) is 3.97. The molecule has 3 heteroatoms. The van der Waals surface area contributed by atoms with Crippen molar-refractivity contribution in [3.63, 3.8) is 0 Å². The van der Waals surface area contributed by atoms with E-state index in [-0.39, 0.29) is 6.04 Å². The monoisotopic (exact) mass is 268 g/mol. The minimum Gasteiger partial charge on any atom is -0.496 e. The van der Waals surface area contributed by atoms with Gasteiger partial charge in [0.05, 0.1) is 18.2 Å². The van der Waals surface area contributed by atoms with E-state index in [1.165, 1.54) is 10.9 Å². The van der Waals surface area contributed by atoms with Crippen LogP contribution in [0, 0.1) is 0 Å². The number of likely N-dealkylation sites (N-methyl/N-ethyl adjacent to an activating group) is 1. The molecule has 20 heavy (non-hydrogen) atoms. The van der Waals surface area contributed by atoms with Crippen LogP contribution in [0.1, 0.15) is 31.4 Å². The summed E-state index contributed by atoms with van der Waals surface area (Å²) in [6.07, 6.45) is 6.26. The van der Waals surface area contributed by atoms with Crippen molar-refractivity contribution >= 4 is 10.9 Å². The first-order chi connectivity index (χ1) is 9.90. The molecule has 0 saturated heterocycles. The number of allylic oxidation sites excluding steroid dienone is 1. The van der Waals surface area contributed by atoms with Crippen LogP contribution in [0.15, 0.2) is 48.4 Å². The Hall–Kier alpha value is -1.87. The molecule has 0 amide bonds. The number of rotatable bonds is 4. The fourth-order valence-corrected chi connectivity index (χ4v) is 2.72. The molecule has 0 radical (unpaired) electrons. The van der Waals surface area contributed by atoms with E-state index in [4.69, 9.17) is 4.74 Å². The smallest absolute Gasteiger partial charge is 0.113 e. The normalized spacial score (nSPS) is 16.6. The van der Waals surface area contributed by atoms with Crippen molar-refractivity contribution in [3.05, 3.63) is 53.9 Å². The summed E-state index contributed by atoms with van der Waals surface area (Å²) in [5, 5.41) is 4.73. The van der Waals surface area contributed by atoms with E-state index in [0.717, 1.165) is 37.3 Å². The van der Waals surface area contributed by atoms with Crippen LogP contribution < -0.4 is 5.32 Å². The number of pyridine rings is 1. The maximum atomic E-state index is 5.87. The molecule has 3 rings (SSSR count). The fourth-order valence-electron chi connectivity index (χ4n) is 2.72. The van der Waals surface area contributed by atoms with E-state index in [0.29, 0.717) is 0 Å². The summed E-state index contributed by atoms with van der Waals surface area (Å²) in [4.78, 5) is 4.44. The van der Waals surface area contributed by atoms with Gasteiger partial charge in [-0.05, 0) is 43.2 Å². The lowest BCUT2D eigenvalue weighted by molar-refractivity contribution is 0.168. The third kappa shape index (κ3) is 2.54. The average molecular weight is 268 g/mol. The summed E-state index contributed by atoms with van der Waals surface area (Å²) >= 11 is 0. The first-order valence-electron chi connectivity index (χ1n) is 7.30. The molecular weight excluding hydrogens is 248 g/mol. The molecule has 2 heterocycles. The standard InChI is InChI=1S/C17H20N2O/c1-2-18-17(16-10-3-4-12-20-16)14-7-5-9-15-13(14)8-6-11-19-15/h5-11,17-18H,2-4,12H2,1H3. The lowest BCUT2D eigenvalue weighted by Crippen LogP contribution is -2.25. The second-order valence-electron chi connectivity index (χ2n) is 5.01. The summed E-state index contributed by atoms with van der Waals surface area (Å²) in [6.45, 7) is 3.85. The Morgan fingerprint density at radius 2 is 2.25 bits per heavy atom. The number of benzene rings is 1. The molecule has 1 aromatic heterocycles. The fraction of sp³-hybridized carbons (Fsp3) is 0.353. The minimum atomic E-state index is 0.119. The summed E-state index contributed by atoms with van der Waals surface area (Å²) in [5.74, 6) is 1.05. The highest BCUT2D eigenvalue weighted by Gasteiger charge is 2.20. The van der Waals surface area contributed by atoms with E-state index in [2.05, 4.69) is 47.6 Å². The zero-order chi connectivity index (χ0) is 13.8. The predicted molar refractivity (Wildman–Crippen MR) is 81.4 cm³/mol. The van der Waals surface area contributed by atoms with Gasteiger partial charge >= 0.3 is 0 Å². The van der Waals surface area contributed by atoms with Crippen LogP contribution in [-0.2, 0) is 4.74 Å². The van der Waals surface area contributed by atoms with Crippen molar-refractivity contribution < 1.29 is 4.74 Å². The van der Waals surface area contributed by atoms with Crippen molar-refractivity contribution in [2.75, 3.05) is 13.2 Å². The van der Waals surface area contributed by atoms with E-state index in [1.807, 2.05) is 12.3 Å². The zero-order valence-electron chi connectivity index (χ0n) is 11.8. The number of fused-ring (bicyclic) bond motifs is 1. The van der Waals surface area contributed by atoms with Crippen LogP contribution in [0.4, 0.5) is 0 Å². The van der Waals surface area contributed by atoms with Crippen molar-refractivity contribution in [2.45, 2.75) is 25.8 Å². The minimum absolute atomic E-state index is 0.119. The topological polar surface area (TPSA) is 34.1 Å². The Labute approximate surface area is 119 Å². The SMILES string of the molecule is CCNC(C1=CCCCO1)c1cccc2ncccc12. The van der Waals surface area contributed by atoms with Crippen molar-refractivity contribution in [1.29, 1.82) is 0 Å². The molecule has 0 fully saturated rings. The summed E-state index contributed by atoms with van der Waals surface area (Å²) in [5.41, 5.74) is 2.27. The molecular formula is C17H20N2O. The van der Waals surface area contributed by atoms with Gasteiger partial charge in [0.2, 0.25) is 0 Å². The zero-order valence-corrected chi connectivity index (χ0v) is 11.8. The van der Waals surface area contributed by atoms with E-state index >= 15 is 0 Å². The van der Waals surface area contributed by atoms with Gasteiger partial charge in [0.25, 0.3) is 0 Å². The number of aromatic nitrogens is 1. The van der Waals surface area contributed by atoms with Gasteiger partial charge in [-0.3, -0.25) is 4.98 Å². The van der Waals surface area contributed by atoms with Crippen molar-refractivity contribution in [2.24, 2.45) is 0 Å². The van der Waals surface area contributed by atoms with Gasteiger partial charge in [0.15, 0.2) is 0 Å². The molecule has 1 unspecified atom stereocenters. The number of hydrogen-bond donors (Lipinski definition) is 1. The number of nitrogens with zero attached hydrogens (tertiary/aromatic N) is 1. The van der Waals surface area contributed by atoms with Gasteiger partial charge in [0.1, 0.15) is 5.76 Å². The highest BCUT2D eigenvalue weighted by atomic mass is 16.5. The van der Waals surface area contributed by atoms with Gasteiger partial charge in [-0.25, -0.2) is 0 Å². The van der Waals surface area contributed by atoms with Gasteiger partial charge in [-0.2, -0.15) is 0 Å². The predicted octanol–water partition coefficient (Wildman–Crippen LogP) is 3.58. The van der Waals surface area contributed by atoms with Crippen LogP contribution >= 0.6 is 0 Å². The molecule has 0 aliphatic carbocycles. The van der Waals surface area contributed by atoms with Gasteiger partial charge in [-0.1, -0.05) is 25.1 Å². The molecule has 104 valence electrons. The van der Waals surface area contributed by atoms with Crippen LogP contribution in [0.2, 0.25) is 0 Å². The Morgan fingerprint density at radius 3 is 3.05 bits per heavy atom. The van der Waals surface area contributed by atoms with Gasteiger partial charge in [-0.15, -0.1) is 0 Å². The summed E-state index contributed by atoms with van der Waals surface area (Å²) < 4.78 is 5.87. The Bertz CT molecular complexity index is 616. The number of nitrogens with one attached hydrogen (secondary N) is 1. The molecule has 1 aliphatic heterocycles. The van der Waals surface area contributed by atoms with Crippen LogP contribution in [-0.4, -0.2) is 18.1 Å².